The minimum atomic E-state index is -0.800. The molecule has 0 spiro atoms. The molecular weight excluding hydrogens is 242 g/mol. The molecule has 2 N–H and O–H groups in total. The molecule has 0 aromatic heterocycles. The van der Waals surface area contributed by atoms with Crippen LogP contribution in [0.15, 0.2) is 30.3 Å². The third-order valence-electron chi connectivity index (χ3n) is 2.72. The molecule has 1 aromatic carbocycles. The van der Waals surface area contributed by atoms with E-state index in [-0.39, 0.29) is 18.5 Å². The van der Waals surface area contributed by atoms with Crippen LogP contribution in [0.3, 0.4) is 0 Å². The Morgan fingerprint density at radius 2 is 2.12 bits per heavy atom. The van der Waals surface area contributed by atoms with E-state index in [2.05, 4.69) is 5.32 Å². The van der Waals surface area contributed by atoms with Crippen LogP contribution in [0.4, 0.5) is 0 Å². The minimum absolute atomic E-state index is 0. The van der Waals surface area contributed by atoms with E-state index in [9.17, 15) is 4.79 Å². The number of carboxylic acid groups (broad SMARTS) is 1. The van der Waals surface area contributed by atoms with Gasteiger partial charge in [0, 0.05) is 13.0 Å². The van der Waals surface area contributed by atoms with Crippen molar-refractivity contribution >= 4 is 18.4 Å². The highest BCUT2D eigenvalue weighted by atomic mass is 35.5. The molecule has 1 saturated heterocycles. The first-order valence-corrected chi connectivity index (χ1v) is 5.37. The van der Waals surface area contributed by atoms with Gasteiger partial charge in [-0.05, 0) is 5.56 Å². The largest absolute Gasteiger partial charge is 0.480 e. The Balaban J connectivity index is 0.00000144. The maximum atomic E-state index is 10.7. The van der Waals surface area contributed by atoms with Crippen molar-refractivity contribution in [2.45, 2.75) is 25.2 Å². The van der Waals surface area contributed by atoms with Crippen LogP contribution in [-0.4, -0.2) is 29.8 Å². The lowest BCUT2D eigenvalue weighted by Gasteiger charge is -2.10. The molecule has 0 bridgehead atoms. The van der Waals surface area contributed by atoms with Gasteiger partial charge < -0.3 is 15.2 Å². The van der Waals surface area contributed by atoms with Crippen LogP contribution < -0.4 is 5.32 Å². The standard InChI is InChI=1S/C12H15NO3.ClH/c14-12(15)11-6-10(7-13-11)16-8-9-4-2-1-3-5-9;/h1-5,10-11,13H,6-8H2,(H,14,15);1H/t10?,11-;/m0./s1. The van der Waals surface area contributed by atoms with Crippen molar-refractivity contribution in [1.29, 1.82) is 0 Å². The molecule has 0 amide bonds. The molecule has 4 nitrogen and oxygen atoms in total. The summed E-state index contributed by atoms with van der Waals surface area (Å²) in [5, 5.41) is 11.7. The summed E-state index contributed by atoms with van der Waals surface area (Å²) < 4.78 is 5.64. The smallest absolute Gasteiger partial charge is 0.320 e. The van der Waals surface area contributed by atoms with Crippen LogP contribution in [0.25, 0.3) is 0 Å². The number of halogens is 1. The van der Waals surface area contributed by atoms with Gasteiger partial charge in [-0.1, -0.05) is 30.3 Å². The number of ether oxygens (including phenoxy) is 1. The zero-order chi connectivity index (χ0) is 11.4. The van der Waals surface area contributed by atoms with Crippen molar-refractivity contribution in [3.8, 4) is 0 Å². The molecule has 94 valence electrons. The van der Waals surface area contributed by atoms with Gasteiger partial charge >= 0.3 is 5.97 Å². The number of hydrogen-bond donors (Lipinski definition) is 2. The molecule has 1 aliphatic heterocycles. The predicted molar refractivity (Wildman–Crippen MR) is 66.3 cm³/mol. The monoisotopic (exact) mass is 257 g/mol. The lowest BCUT2D eigenvalue weighted by Crippen LogP contribution is -2.29. The lowest BCUT2D eigenvalue weighted by atomic mass is 10.2. The van der Waals surface area contributed by atoms with Crippen molar-refractivity contribution in [2.75, 3.05) is 6.54 Å². The van der Waals surface area contributed by atoms with Crippen LogP contribution >= 0.6 is 12.4 Å². The number of benzene rings is 1. The maximum Gasteiger partial charge on any atom is 0.320 e. The highest BCUT2D eigenvalue weighted by Gasteiger charge is 2.29. The highest BCUT2D eigenvalue weighted by Crippen LogP contribution is 2.12. The molecule has 2 rings (SSSR count). The van der Waals surface area contributed by atoms with Gasteiger partial charge in [0.1, 0.15) is 6.04 Å². The second kappa shape index (κ2) is 6.59. The van der Waals surface area contributed by atoms with E-state index in [1.165, 1.54) is 0 Å². The predicted octanol–water partition coefficient (Wildman–Crippen LogP) is 1.44. The first-order chi connectivity index (χ1) is 7.75. The quantitative estimate of drug-likeness (QED) is 0.857. The summed E-state index contributed by atoms with van der Waals surface area (Å²) in [6, 6.07) is 9.42. The minimum Gasteiger partial charge on any atom is -0.480 e. The molecule has 17 heavy (non-hydrogen) atoms. The molecule has 1 aliphatic rings. The fraction of sp³-hybridized carbons (Fsp3) is 0.417. The molecule has 1 fully saturated rings. The summed E-state index contributed by atoms with van der Waals surface area (Å²) >= 11 is 0. The summed E-state index contributed by atoms with van der Waals surface area (Å²) in [6.07, 6.45) is 0.545. The first-order valence-electron chi connectivity index (χ1n) is 5.37. The molecule has 2 atom stereocenters. The van der Waals surface area contributed by atoms with E-state index in [0.717, 1.165) is 5.56 Å². The Labute approximate surface area is 106 Å². The molecular formula is C12H16ClNO3. The van der Waals surface area contributed by atoms with Gasteiger partial charge in [0.2, 0.25) is 0 Å². The van der Waals surface area contributed by atoms with Gasteiger partial charge in [-0.15, -0.1) is 12.4 Å². The topological polar surface area (TPSA) is 58.6 Å². The van der Waals surface area contributed by atoms with E-state index in [4.69, 9.17) is 9.84 Å². The molecule has 5 heteroatoms. The third-order valence-corrected chi connectivity index (χ3v) is 2.72. The van der Waals surface area contributed by atoms with Crippen LogP contribution in [0.2, 0.25) is 0 Å². The van der Waals surface area contributed by atoms with Crippen molar-refractivity contribution < 1.29 is 14.6 Å². The summed E-state index contributed by atoms with van der Waals surface area (Å²) in [5.74, 6) is -0.800. The molecule has 0 saturated carbocycles. The first kappa shape index (κ1) is 14.0. The maximum absolute atomic E-state index is 10.7. The second-order valence-corrected chi connectivity index (χ2v) is 3.95. The molecule has 1 unspecified atom stereocenters. The number of rotatable bonds is 4. The van der Waals surface area contributed by atoms with Gasteiger partial charge in [-0.25, -0.2) is 0 Å². The number of hydrogen-bond acceptors (Lipinski definition) is 3. The Morgan fingerprint density at radius 3 is 2.71 bits per heavy atom. The highest BCUT2D eigenvalue weighted by molar-refractivity contribution is 5.85. The van der Waals surface area contributed by atoms with E-state index in [0.29, 0.717) is 19.6 Å². The molecule has 1 heterocycles. The normalized spacial score (nSPS) is 23.1. The van der Waals surface area contributed by atoms with Crippen molar-refractivity contribution in [3.63, 3.8) is 0 Å². The van der Waals surface area contributed by atoms with Crippen molar-refractivity contribution in [2.24, 2.45) is 0 Å². The second-order valence-electron chi connectivity index (χ2n) is 3.95. The fourth-order valence-corrected chi connectivity index (χ4v) is 1.81. The SMILES string of the molecule is Cl.O=C(O)[C@@H]1CC(OCc2ccccc2)CN1. The average molecular weight is 258 g/mol. The average Bonchev–Trinajstić information content (AvgIpc) is 2.76. The molecule has 0 radical (unpaired) electrons. The van der Waals surface area contributed by atoms with Gasteiger partial charge in [0.25, 0.3) is 0 Å². The Hall–Kier alpha value is -1.10. The van der Waals surface area contributed by atoms with Crippen LogP contribution in [-0.2, 0) is 16.1 Å². The summed E-state index contributed by atoms with van der Waals surface area (Å²) in [7, 11) is 0. The van der Waals surface area contributed by atoms with Crippen LogP contribution in [0.1, 0.15) is 12.0 Å². The van der Waals surface area contributed by atoms with Crippen molar-refractivity contribution in [3.05, 3.63) is 35.9 Å². The number of nitrogens with one attached hydrogen (secondary N) is 1. The molecule has 1 aromatic rings. The van der Waals surface area contributed by atoms with Crippen molar-refractivity contribution in [1.82, 2.24) is 5.32 Å². The zero-order valence-corrected chi connectivity index (χ0v) is 10.2. The summed E-state index contributed by atoms with van der Waals surface area (Å²) in [5.41, 5.74) is 1.11. The summed E-state index contributed by atoms with van der Waals surface area (Å²) in [6.45, 7) is 1.16. The summed E-state index contributed by atoms with van der Waals surface area (Å²) in [4.78, 5) is 10.7. The third kappa shape index (κ3) is 4.00. The van der Waals surface area contributed by atoms with Gasteiger partial charge in [0.15, 0.2) is 0 Å². The van der Waals surface area contributed by atoms with Crippen LogP contribution in [0.5, 0.6) is 0 Å². The Kier molecular flexibility index (Phi) is 5.41. The number of aliphatic carboxylic acids is 1. The number of carboxylic acids is 1. The zero-order valence-electron chi connectivity index (χ0n) is 9.33. The fourth-order valence-electron chi connectivity index (χ4n) is 1.81. The number of carbonyl (C=O) groups is 1. The Morgan fingerprint density at radius 1 is 1.41 bits per heavy atom. The van der Waals surface area contributed by atoms with E-state index in [1.54, 1.807) is 0 Å². The van der Waals surface area contributed by atoms with Crippen LogP contribution in [0, 0.1) is 0 Å². The van der Waals surface area contributed by atoms with E-state index in [1.807, 2.05) is 30.3 Å². The van der Waals surface area contributed by atoms with Gasteiger partial charge in [0.05, 0.1) is 12.7 Å². The Bertz CT molecular complexity index is 358. The molecule has 0 aliphatic carbocycles. The van der Waals surface area contributed by atoms with E-state index >= 15 is 0 Å². The lowest BCUT2D eigenvalue weighted by molar-refractivity contribution is -0.139. The van der Waals surface area contributed by atoms with Gasteiger partial charge in [-0.3, -0.25) is 4.79 Å². The van der Waals surface area contributed by atoms with Gasteiger partial charge in [-0.2, -0.15) is 0 Å². The van der Waals surface area contributed by atoms with E-state index < -0.39 is 12.0 Å².